The molecule has 2 aromatic heterocycles. The van der Waals surface area contributed by atoms with E-state index in [0.717, 1.165) is 0 Å². The number of hydrogen-bond acceptors (Lipinski definition) is 7. The molecule has 4 N–H and O–H groups in total. The Hall–Kier alpha value is -3.73. The molecule has 3 aromatic rings. The maximum absolute atomic E-state index is 12.7. The molecule has 30 heavy (non-hydrogen) atoms. The van der Waals surface area contributed by atoms with Crippen LogP contribution in [0.3, 0.4) is 0 Å². The number of carboxylic acids is 1. The number of aliphatic carboxylic acids is 1. The Labute approximate surface area is 170 Å². The Morgan fingerprint density at radius 2 is 1.97 bits per heavy atom. The second-order valence-corrected chi connectivity index (χ2v) is 8.21. The smallest absolute Gasteiger partial charge is 0.310 e. The molecule has 0 fully saturated rings. The van der Waals surface area contributed by atoms with E-state index < -0.39 is 38.8 Å². The number of aromatic amines is 1. The Bertz CT molecular complexity index is 1390. The first-order valence-electron chi connectivity index (χ1n) is 8.92. The molecule has 0 saturated carbocycles. The summed E-state index contributed by atoms with van der Waals surface area (Å²) >= 11 is 0. The van der Waals surface area contributed by atoms with Crippen molar-refractivity contribution in [2.45, 2.75) is 24.2 Å². The normalized spacial score (nSPS) is 15.7. The van der Waals surface area contributed by atoms with Gasteiger partial charge in [-0.25, -0.2) is 4.98 Å². The number of para-hydroxylation sites is 1. The number of carbonyl (C=O) groups is 1. The summed E-state index contributed by atoms with van der Waals surface area (Å²) < 4.78 is 28.7. The van der Waals surface area contributed by atoms with Gasteiger partial charge < -0.3 is 20.5 Å². The molecule has 3 heterocycles. The molecule has 11 heteroatoms. The number of sulfonamides is 1. The quantitative estimate of drug-likeness (QED) is 0.489. The fourth-order valence-electron chi connectivity index (χ4n) is 3.48. The van der Waals surface area contributed by atoms with Gasteiger partial charge in [-0.1, -0.05) is 19.1 Å². The lowest BCUT2D eigenvalue weighted by Crippen LogP contribution is -2.29. The van der Waals surface area contributed by atoms with Crippen molar-refractivity contribution < 1.29 is 23.4 Å². The predicted molar refractivity (Wildman–Crippen MR) is 108 cm³/mol. The number of aromatic nitrogens is 2. The molecule has 0 amide bonds. The van der Waals surface area contributed by atoms with Crippen molar-refractivity contribution in [3.8, 4) is 5.75 Å². The number of nitrogens with zero attached hydrogens (tertiary/aromatic N) is 2. The van der Waals surface area contributed by atoms with Gasteiger partial charge in [0.1, 0.15) is 21.9 Å². The molecular weight excluding hydrogens is 412 g/mol. The SMILES string of the molecule is CCC(C(=O)O)c1ccnc2[nH]c(=O)c(C3=NS(=O)(=O)c4ccccc4N3)c(O)c12. The molecule has 0 spiro atoms. The average molecular weight is 428 g/mol. The predicted octanol–water partition coefficient (Wildman–Crippen LogP) is 1.77. The summed E-state index contributed by atoms with van der Waals surface area (Å²) in [5, 5.41) is 23.2. The monoisotopic (exact) mass is 428 g/mol. The molecule has 0 bridgehead atoms. The number of amidine groups is 1. The summed E-state index contributed by atoms with van der Waals surface area (Å²) in [7, 11) is -4.12. The van der Waals surface area contributed by atoms with Crippen molar-refractivity contribution >= 4 is 38.5 Å². The van der Waals surface area contributed by atoms with E-state index in [-0.39, 0.29) is 39.4 Å². The number of hydrogen-bond donors (Lipinski definition) is 4. The van der Waals surface area contributed by atoms with Gasteiger partial charge in [0.2, 0.25) is 0 Å². The number of aromatic hydroxyl groups is 1. The van der Waals surface area contributed by atoms with Crippen molar-refractivity contribution in [2.75, 3.05) is 5.32 Å². The van der Waals surface area contributed by atoms with Crippen molar-refractivity contribution in [1.82, 2.24) is 9.97 Å². The van der Waals surface area contributed by atoms with Crippen LogP contribution in [-0.2, 0) is 14.8 Å². The van der Waals surface area contributed by atoms with E-state index >= 15 is 0 Å². The average Bonchev–Trinajstić information content (AvgIpc) is 2.67. The van der Waals surface area contributed by atoms with E-state index in [2.05, 4.69) is 19.7 Å². The van der Waals surface area contributed by atoms with E-state index in [1.165, 1.54) is 30.5 Å². The highest BCUT2D eigenvalue weighted by molar-refractivity contribution is 7.90. The zero-order valence-corrected chi connectivity index (χ0v) is 16.4. The molecule has 0 aliphatic carbocycles. The van der Waals surface area contributed by atoms with Crippen molar-refractivity contribution in [1.29, 1.82) is 0 Å². The van der Waals surface area contributed by atoms with Crippen molar-refractivity contribution in [3.63, 3.8) is 0 Å². The van der Waals surface area contributed by atoms with Gasteiger partial charge in [-0.3, -0.25) is 9.59 Å². The second-order valence-electron chi connectivity index (χ2n) is 6.64. The van der Waals surface area contributed by atoms with Crippen LogP contribution in [0.15, 0.2) is 50.6 Å². The summed E-state index contributed by atoms with van der Waals surface area (Å²) in [6.07, 6.45) is 1.55. The molecule has 1 aromatic carbocycles. The minimum Gasteiger partial charge on any atom is -0.506 e. The number of rotatable bonds is 4. The zero-order valence-electron chi connectivity index (χ0n) is 15.6. The fraction of sp³-hybridized carbons (Fsp3) is 0.158. The van der Waals surface area contributed by atoms with Crippen LogP contribution in [0, 0.1) is 0 Å². The fourth-order valence-corrected chi connectivity index (χ4v) is 4.61. The molecule has 0 saturated heterocycles. The molecule has 1 atom stereocenters. The molecule has 154 valence electrons. The van der Waals surface area contributed by atoms with Gasteiger partial charge in [0.05, 0.1) is 17.0 Å². The molecular formula is C19H16N4O6S. The topological polar surface area (TPSA) is 162 Å². The van der Waals surface area contributed by atoms with Crippen LogP contribution >= 0.6 is 0 Å². The van der Waals surface area contributed by atoms with Crippen molar-refractivity contribution in [3.05, 3.63) is 58.0 Å². The lowest BCUT2D eigenvalue weighted by atomic mass is 9.93. The molecule has 0 radical (unpaired) electrons. The molecule has 1 aliphatic heterocycles. The number of benzene rings is 1. The van der Waals surface area contributed by atoms with Crippen LogP contribution in [-0.4, -0.2) is 40.4 Å². The summed E-state index contributed by atoms with van der Waals surface area (Å²) in [5.41, 5.74) is -0.823. The van der Waals surface area contributed by atoms with Crippen LogP contribution < -0.4 is 10.9 Å². The number of H-pyrrole nitrogens is 1. The summed E-state index contributed by atoms with van der Waals surface area (Å²) in [6, 6.07) is 7.44. The van der Waals surface area contributed by atoms with Gasteiger partial charge in [0.15, 0.2) is 5.84 Å². The van der Waals surface area contributed by atoms with Gasteiger partial charge in [0.25, 0.3) is 15.6 Å². The second kappa shape index (κ2) is 6.95. The van der Waals surface area contributed by atoms with Crippen molar-refractivity contribution in [2.24, 2.45) is 4.40 Å². The van der Waals surface area contributed by atoms with Crippen LogP contribution in [0.5, 0.6) is 5.75 Å². The first kappa shape index (κ1) is 19.6. The number of carboxylic acid groups (broad SMARTS) is 1. The van der Waals surface area contributed by atoms with E-state index in [0.29, 0.717) is 0 Å². The van der Waals surface area contributed by atoms with E-state index in [4.69, 9.17) is 0 Å². The van der Waals surface area contributed by atoms with Gasteiger partial charge in [-0.05, 0) is 30.2 Å². The van der Waals surface area contributed by atoms with E-state index in [9.17, 15) is 28.2 Å². The number of pyridine rings is 2. The maximum Gasteiger partial charge on any atom is 0.310 e. The summed E-state index contributed by atoms with van der Waals surface area (Å²) in [5.74, 6) is -3.04. The summed E-state index contributed by atoms with van der Waals surface area (Å²) in [4.78, 5) is 30.8. The number of nitrogens with one attached hydrogen (secondary N) is 2. The molecule has 10 nitrogen and oxygen atoms in total. The lowest BCUT2D eigenvalue weighted by molar-refractivity contribution is -0.138. The first-order valence-corrected chi connectivity index (χ1v) is 10.4. The highest BCUT2D eigenvalue weighted by Gasteiger charge is 2.30. The highest BCUT2D eigenvalue weighted by Crippen LogP contribution is 2.35. The Kier molecular flexibility index (Phi) is 4.54. The van der Waals surface area contributed by atoms with Gasteiger partial charge in [-0.2, -0.15) is 8.42 Å². The third kappa shape index (κ3) is 2.99. The first-order chi connectivity index (χ1) is 14.2. The number of anilines is 1. The van der Waals surface area contributed by atoms with Gasteiger partial charge in [0, 0.05) is 6.20 Å². The van der Waals surface area contributed by atoms with Crippen LogP contribution in [0.1, 0.15) is 30.4 Å². The van der Waals surface area contributed by atoms with Gasteiger partial charge >= 0.3 is 5.97 Å². The third-order valence-electron chi connectivity index (χ3n) is 4.86. The lowest BCUT2D eigenvalue weighted by Gasteiger charge is -2.19. The number of fused-ring (bicyclic) bond motifs is 2. The molecule has 4 rings (SSSR count). The van der Waals surface area contributed by atoms with Crippen LogP contribution in [0.4, 0.5) is 5.69 Å². The third-order valence-corrected chi connectivity index (χ3v) is 6.20. The minimum absolute atomic E-state index is 0.0156. The zero-order chi connectivity index (χ0) is 21.6. The van der Waals surface area contributed by atoms with E-state index in [1.807, 2.05) is 0 Å². The van der Waals surface area contributed by atoms with Crippen LogP contribution in [0.2, 0.25) is 0 Å². The summed E-state index contributed by atoms with van der Waals surface area (Å²) in [6.45, 7) is 1.67. The largest absolute Gasteiger partial charge is 0.506 e. The standard InChI is InChI=1S/C19H16N4O6S/c1-2-9(19(26)27)10-7-8-20-16-13(10)15(24)14(18(25)22-16)17-21-11-5-3-4-6-12(11)30(28,29)23-17/h3-9H,2H2,1H3,(H,21,23)(H,26,27)(H2,20,22,24,25). The van der Waals surface area contributed by atoms with Gasteiger partial charge in [-0.15, -0.1) is 4.40 Å². The Morgan fingerprint density at radius 1 is 1.23 bits per heavy atom. The molecule has 1 unspecified atom stereocenters. The Morgan fingerprint density at radius 3 is 2.67 bits per heavy atom. The maximum atomic E-state index is 12.7. The van der Waals surface area contributed by atoms with E-state index in [1.54, 1.807) is 13.0 Å². The molecule has 1 aliphatic rings. The highest BCUT2D eigenvalue weighted by atomic mass is 32.2. The minimum atomic E-state index is -4.12. The van der Waals surface area contributed by atoms with Crippen LogP contribution in [0.25, 0.3) is 11.0 Å². The Balaban J connectivity index is 2.01.